The average Bonchev–Trinajstić information content (AvgIpc) is 3.18. The van der Waals surface area contributed by atoms with Gasteiger partial charge in [0, 0.05) is 18.3 Å². The Morgan fingerprint density at radius 3 is 2.74 bits per heavy atom. The molecule has 6 atom stereocenters. The third-order valence-corrected chi connectivity index (χ3v) is 9.18. The van der Waals surface area contributed by atoms with Gasteiger partial charge in [-0.25, -0.2) is 9.78 Å². The molecule has 1 spiro atoms. The maximum absolute atomic E-state index is 12.5. The summed E-state index contributed by atoms with van der Waals surface area (Å²) >= 11 is 0. The molecule has 0 aromatic heterocycles. The minimum atomic E-state index is -0.179. The van der Waals surface area contributed by atoms with Crippen LogP contribution in [0.3, 0.4) is 0 Å². The van der Waals surface area contributed by atoms with Gasteiger partial charge in [-0.15, -0.1) is 0 Å². The van der Waals surface area contributed by atoms with Gasteiger partial charge in [-0.2, -0.15) is 0 Å². The van der Waals surface area contributed by atoms with Gasteiger partial charge in [0.15, 0.2) is 0 Å². The first-order chi connectivity index (χ1) is 12.7. The fourth-order valence-electron chi connectivity index (χ4n) is 7.98. The van der Waals surface area contributed by atoms with Crippen LogP contribution in [-0.2, 0) is 19.3 Å². The smallest absolute Gasteiger partial charge is 0.139 e. The molecule has 0 radical (unpaired) electrons. The van der Waals surface area contributed by atoms with Gasteiger partial charge in [0.25, 0.3) is 0 Å². The molecule has 6 aliphatic rings. The Hall–Kier alpha value is -0.710. The Balaban J connectivity index is 1.32. The summed E-state index contributed by atoms with van der Waals surface area (Å²) in [6.45, 7) is 7.46. The van der Waals surface area contributed by atoms with Gasteiger partial charge < -0.3 is 4.74 Å². The summed E-state index contributed by atoms with van der Waals surface area (Å²) in [6.07, 6.45) is 11.6. The number of fused-ring (bicyclic) bond motifs is 3. The summed E-state index contributed by atoms with van der Waals surface area (Å²) in [4.78, 5) is 24.1. The zero-order valence-electron chi connectivity index (χ0n) is 16.9. The number of Topliss-reactive ketones (excluding diaryl/α,β-unsaturated/α-hetero) is 1. The van der Waals surface area contributed by atoms with Crippen molar-refractivity contribution in [2.45, 2.75) is 95.4 Å². The number of carbonyl (C=O) groups excluding carboxylic acids is 1. The molecule has 0 amide bonds. The van der Waals surface area contributed by atoms with Crippen LogP contribution in [0.5, 0.6) is 0 Å². The molecule has 5 fully saturated rings. The van der Waals surface area contributed by atoms with Crippen molar-refractivity contribution in [3.05, 3.63) is 11.6 Å². The SMILES string of the molecule is CC1(C)COOC2(CC[C@]34O[C@]3(CC[C@@H]3C4=CC[C@]4(C)C(=O)CC[C@@H]34)C2)C1. The fraction of sp³-hybridized carbons (Fsp3) is 0.870. The lowest BCUT2D eigenvalue weighted by Gasteiger charge is -2.51. The number of rotatable bonds is 0. The van der Waals surface area contributed by atoms with Crippen molar-refractivity contribution in [1.29, 1.82) is 0 Å². The van der Waals surface area contributed by atoms with Gasteiger partial charge in [-0.1, -0.05) is 26.8 Å². The zero-order valence-corrected chi connectivity index (χ0v) is 16.9. The highest BCUT2D eigenvalue weighted by Gasteiger charge is 2.79. The average molecular weight is 373 g/mol. The van der Waals surface area contributed by atoms with Crippen molar-refractivity contribution >= 4 is 5.78 Å². The molecule has 6 rings (SSSR count). The quantitative estimate of drug-likeness (QED) is 0.356. The Bertz CT molecular complexity index is 755. The Kier molecular flexibility index (Phi) is 3.10. The molecule has 148 valence electrons. The fourth-order valence-corrected chi connectivity index (χ4v) is 7.98. The second kappa shape index (κ2) is 4.88. The normalized spacial score (nSPS) is 55.2. The molecular formula is C23H32O4. The zero-order chi connectivity index (χ0) is 18.7. The Morgan fingerprint density at radius 1 is 1.07 bits per heavy atom. The molecule has 4 nitrogen and oxygen atoms in total. The number of ether oxygens (including phenoxy) is 1. The van der Waals surface area contributed by atoms with E-state index in [-0.39, 0.29) is 27.6 Å². The van der Waals surface area contributed by atoms with Gasteiger partial charge in [-0.3, -0.25) is 4.79 Å². The van der Waals surface area contributed by atoms with Crippen molar-refractivity contribution in [3.63, 3.8) is 0 Å². The molecule has 4 heteroatoms. The molecule has 0 aromatic rings. The van der Waals surface area contributed by atoms with E-state index < -0.39 is 0 Å². The lowest BCUT2D eigenvalue weighted by molar-refractivity contribution is -0.411. The van der Waals surface area contributed by atoms with Crippen LogP contribution in [0, 0.1) is 22.7 Å². The molecule has 0 N–H and O–H groups in total. The minimum absolute atomic E-state index is 0.0410. The van der Waals surface area contributed by atoms with Gasteiger partial charge in [-0.05, 0) is 67.8 Å². The van der Waals surface area contributed by atoms with E-state index in [0.29, 0.717) is 24.2 Å². The van der Waals surface area contributed by atoms with Crippen LogP contribution in [0.25, 0.3) is 0 Å². The van der Waals surface area contributed by atoms with Gasteiger partial charge in [0.1, 0.15) is 22.6 Å². The van der Waals surface area contributed by atoms with E-state index in [0.717, 1.165) is 51.4 Å². The molecule has 1 unspecified atom stereocenters. The first-order valence-corrected chi connectivity index (χ1v) is 11.0. The van der Waals surface area contributed by atoms with Crippen molar-refractivity contribution < 1.29 is 19.3 Å². The van der Waals surface area contributed by atoms with Crippen LogP contribution < -0.4 is 0 Å². The van der Waals surface area contributed by atoms with Crippen LogP contribution in [0.15, 0.2) is 11.6 Å². The predicted molar refractivity (Wildman–Crippen MR) is 99.8 cm³/mol. The highest BCUT2D eigenvalue weighted by atomic mass is 17.2. The molecule has 2 heterocycles. The van der Waals surface area contributed by atoms with E-state index in [2.05, 4.69) is 26.8 Å². The van der Waals surface area contributed by atoms with E-state index in [1.165, 1.54) is 6.42 Å². The largest absolute Gasteiger partial charge is 0.358 e. The summed E-state index contributed by atoms with van der Waals surface area (Å²) < 4.78 is 6.70. The number of epoxide rings is 1. The summed E-state index contributed by atoms with van der Waals surface area (Å²) in [7, 11) is 0. The first-order valence-electron chi connectivity index (χ1n) is 11.0. The second-order valence-corrected chi connectivity index (χ2v) is 11.5. The second-order valence-electron chi connectivity index (χ2n) is 11.5. The monoisotopic (exact) mass is 372 g/mol. The molecule has 2 aliphatic heterocycles. The van der Waals surface area contributed by atoms with Crippen LogP contribution in [0.2, 0.25) is 0 Å². The highest BCUT2D eigenvalue weighted by molar-refractivity contribution is 5.87. The predicted octanol–water partition coefficient (Wildman–Crippen LogP) is 4.52. The van der Waals surface area contributed by atoms with Crippen LogP contribution in [-0.4, -0.2) is 29.2 Å². The van der Waals surface area contributed by atoms with Crippen molar-refractivity contribution in [2.75, 3.05) is 6.61 Å². The number of carbonyl (C=O) groups is 1. The van der Waals surface area contributed by atoms with Gasteiger partial charge in [0.05, 0.1) is 6.61 Å². The van der Waals surface area contributed by atoms with Crippen molar-refractivity contribution in [2.24, 2.45) is 22.7 Å². The minimum Gasteiger partial charge on any atom is -0.358 e. The molecule has 3 saturated carbocycles. The maximum Gasteiger partial charge on any atom is 0.139 e. The molecule has 4 aliphatic carbocycles. The van der Waals surface area contributed by atoms with E-state index in [9.17, 15) is 4.79 Å². The van der Waals surface area contributed by atoms with Crippen LogP contribution in [0.4, 0.5) is 0 Å². The summed E-state index contributed by atoms with van der Waals surface area (Å²) in [6, 6.07) is 0. The topological polar surface area (TPSA) is 48.1 Å². The van der Waals surface area contributed by atoms with E-state index >= 15 is 0 Å². The maximum atomic E-state index is 12.5. The number of hydrogen-bond donors (Lipinski definition) is 0. The number of hydrogen-bond acceptors (Lipinski definition) is 4. The summed E-state index contributed by atoms with van der Waals surface area (Å²) in [5.41, 5.74) is 1.33. The van der Waals surface area contributed by atoms with Crippen LogP contribution >= 0.6 is 0 Å². The van der Waals surface area contributed by atoms with E-state index in [1.807, 2.05) is 0 Å². The Morgan fingerprint density at radius 2 is 1.93 bits per heavy atom. The third-order valence-electron chi connectivity index (χ3n) is 9.18. The molecule has 2 saturated heterocycles. The lowest BCUT2D eigenvalue weighted by Crippen LogP contribution is -2.55. The third kappa shape index (κ3) is 2.03. The lowest BCUT2D eigenvalue weighted by atomic mass is 9.53. The number of ketones is 1. The molecule has 0 bridgehead atoms. The first kappa shape index (κ1) is 17.2. The standard InChI is InChI=1S/C23H32O4/c1-19(2)12-21(27-25-14-19)10-11-23-17-7-8-20(3)16(4-5-18(20)24)15(17)6-9-22(23,13-21)26-23/h7,15-16H,4-6,8-14H2,1-3H3/t15-,16-,20-,21?,22+,23+/m0/s1. The van der Waals surface area contributed by atoms with Crippen molar-refractivity contribution in [1.82, 2.24) is 0 Å². The summed E-state index contributed by atoms with van der Waals surface area (Å²) in [5.74, 6) is 1.58. The van der Waals surface area contributed by atoms with E-state index in [4.69, 9.17) is 14.5 Å². The van der Waals surface area contributed by atoms with Crippen molar-refractivity contribution in [3.8, 4) is 0 Å². The molecule has 0 aromatic carbocycles. The highest BCUT2D eigenvalue weighted by Crippen LogP contribution is 2.73. The van der Waals surface area contributed by atoms with Gasteiger partial charge in [0.2, 0.25) is 0 Å². The number of allylic oxidation sites excluding steroid dienone is 1. The van der Waals surface area contributed by atoms with E-state index in [1.54, 1.807) is 5.57 Å². The Labute approximate surface area is 161 Å². The summed E-state index contributed by atoms with van der Waals surface area (Å²) in [5, 5.41) is 0. The molecular weight excluding hydrogens is 340 g/mol. The van der Waals surface area contributed by atoms with Crippen LogP contribution in [0.1, 0.15) is 78.6 Å². The molecule has 27 heavy (non-hydrogen) atoms. The van der Waals surface area contributed by atoms with Gasteiger partial charge >= 0.3 is 0 Å².